The Morgan fingerprint density at radius 2 is 0.827 bits per heavy atom. The summed E-state index contributed by atoms with van der Waals surface area (Å²) in [4.78, 5) is 2.34. The number of hydrogen-bond acceptors (Lipinski definition) is 2. The monoisotopic (exact) mass is 663 g/mol. The van der Waals surface area contributed by atoms with Gasteiger partial charge in [-0.3, -0.25) is 0 Å². The highest BCUT2D eigenvalue weighted by molar-refractivity contribution is 6.19. The SMILES string of the molecule is c1ccc(-c2ccc(N(c3ccc(-c4cccc5ccccc45)cc3)c3ccc(-c4cccc5ccc6c7ccccc7oc6c45)cc3)cc2)cc1. The number of anilines is 3. The summed E-state index contributed by atoms with van der Waals surface area (Å²) in [6.45, 7) is 0. The van der Waals surface area contributed by atoms with Gasteiger partial charge in [0.1, 0.15) is 11.2 Å². The number of para-hydroxylation sites is 1. The molecule has 2 nitrogen and oxygen atoms in total. The van der Waals surface area contributed by atoms with E-state index in [0.29, 0.717) is 0 Å². The first-order valence-electron chi connectivity index (χ1n) is 17.8. The molecule has 0 amide bonds. The summed E-state index contributed by atoms with van der Waals surface area (Å²) < 4.78 is 6.50. The summed E-state index contributed by atoms with van der Waals surface area (Å²) in [7, 11) is 0. The van der Waals surface area contributed by atoms with Gasteiger partial charge >= 0.3 is 0 Å². The zero-order valence-electron chi connectivity index (χ0n) is 28.4. The van der Waals surface area contributed by atoms with Crippen LogP contribution >= 0.6 is 0 Å². The van der Waals surface area contributed by atoms with E-state index in [1.807, 2.05) is 12.1 Å². The van der Waals surface area contributed by atoms with E-state index in [-0.39, 0.29) is 0 Å². The first-order chi connectivity index (χ1) is 25.8. The molecule has 0 saturated carbocycles. The van der Waals surface area contributed by atoms with Crippen LogP contribution in [-0.2, 0) is 0 Å². The Morgan fingerprint density at radius 1 is 0.308 bits per heavy atom. The molecule has 2 heteroatoms. The predicted octanol–water partition coefficient (Wildman–Crippen LogP) is 14.4. The van der Waals surface area contributed by atoms with Crippen LogP contribution in [0.2, 0.25) is 0 Å². The molecule has 0 spiro atoms. The van der Waals surface area contributed by atoms with E-state index in [0.717, 1.165) is 55.5 Å². The number of benzene rings is 9. The molecule has 0 saturated heterocycles. The van der Waals surface area contributed by atoms with E-state index in [2.05, 4.69) is 193 Å². The second-order valence-electron chi connectivity index (χ2n) is 13.3. The Kier molecular flexibility index (Phi) is 7.18. The molecule has 9 aromatic carbocycles. The summed E-state index contributed by atoms with van der Waals surface area (Å²) in [5, 5.41) is 7.10. The largest absolute Gasteiger partial charge is 0.455 e. The van der Waals surface area contributed by atoms with Crippen molar-refractivity contribution in [2.45, 2.75) is 0 Å². The van der Waals surface area contributed by atoms with Crippen molar-refractivity contribution in [2.75, 3.05) is 4.90 Å². The van der Waals surface area contributed by atoms with E-state index < -0.39 is 0 Å². The predicted molar refractivity (Wildman–Crippen MR) is 220 cm³/mol. The minimum Gasteiger partial charge on any atom is -0.455 e. The minimum absolute atomic E-state index is 0.913. The molecule has 0 unspecified atom stereocenters. The molecule has 0 fully saturated rings. The number of fused-ring (bicyclic) bond motifs is 6. The van der Waals surface area contributed by atoms with Crippen LogP contribution < -0.4 is 4.90 Å². The van der Waals surface area contributed by atoms with E-state index in [4.69, 9.17) is 4.42 Å². The minimum atomic E-state index is 0.913. The Labute approximate surface area is 302 Å². The topological polar surface area (TPSA) is 16.4 Å². The smallest absolute Gasteiger partial charge is 0.143 e. The van der Waals surface area contributed by atoms with E-state index >= 15 is 0 Å². The molecule has 0 aliphatic rings. The molecular formula is C50H33NO. The van der Waals surface area contributed by atoms with Gasteiger partial charge in [-0.2, -0.15) is 0 Å². The van der Waals surface area contributed by atoms with E-state index in [1.165, 1.54) is 38.4 Å². The third kappa shape index (κ3) is 5.12. The molecule has 0 bridgehead atoms. The third-order valence-corrected chi connectivity index (χ3v) is 10.3. The van der Waals surface area contributed by atoms with Crippen LogP contribution in [0.4, 0.5) is 17.1 Å². The van der Waals surface area contributed by atoms with Gasteiger partial charge < -0.3 is 9.32 Å². The zero-order chi connectivity index (χ0) is 34.4. The van der Waals surface area contributed by atoms with Crippen LogP contribution in [-0.4, -0.2) is 0 Å². The average Bonchev–Trinajstić information content (AvgIpc) is 3.61. The lowest BCUT2D eigenvalue weighted by Crippen LogP contribution is -2.09. The lowest BCUT2D eigenvalue weighted by molar-refractivity contribution is 0.673. The second kappa shape index (κ2) is 12.5. The molecule has 0 aliphatic carbocycles. The van der Waals surface area contributed by atoms with Crippen molar-refractivity contribution in [3.05, 3.63) is 200 Å². The molecular weight excluding hydrogens is 631 g/mol. The zero-order valence-corrected chi connectivity index (χ0v) is 28.4. The second-order valence-corrected chi connectivity index (χ2v) is 13.3. The Morgan fingerprint density at radius 3 is 1.54 bits per heavy atom. The van der Waals surface area contributed by atoms with Crippen LogP contribution in [0.15, 0.2) is 205 Å². The number of hydrogen-bond donors (Lipinski definition) is 0. The van der Waals surface area contributed by atoms with Gasteiger partial charge in [0, 0.05) is 33.2 Å². The van der Waals surface area contributed by atoms with Crippen LogP contribution in [0.3, 0.4) is 0 Å². The molecule has 52 heavy (non-hydrogen) atoms. The average molecular weight is 664 g/mol. The molecule has 0 N–H and O–H groups in total. The molecule has 0 atom stereocenters. The van der Waals surface area contributed by atoms with Crippen molar-refractivity contribution >= 4 is 60.5 Å². The highest BCUT2D eigenvalue weighted by atomic mass is 16.3. The Bertz CT molecular complexity index is 2860. The summed E-state index contributed by atoms with van der Waals surface area (Å²) in [5.41, 5.74) is 12.3. The lowest BCUT2D eigenvalue weighted by atomic mass is 9.96. The number of nitrogens with zero attached hydrogens (tertiary/aromatic N) is 1. The van der Waals surface area contributed by atoms with Crippen molar-refractivity contribution < 1.29 is 4.42 Å². The molecule has 10 aromatic rings. The highest BCUT2D eigenvalue weighted by Crippen LogP contribution is 2.41. The summed E-state index contributed by atoms with van der Waals surface area (Å²) in [6.07, 6.45) is 0. The van der Waals surface area contributed by atoms with Crippen molar-refractivity contribution in [3.63, 3.8) is 0 Å². The number of rotatable bonds is 6. The van der Waals surface area contributed by atoms with Crippen LogP contribution in [0.25, 0.3) is 76.9 Å². The summed E-state index contributed by atoms with van der Waals surface area (Å²) >= 11 is 0. The van der Waals surface area contributed by atoms with Crippen LogP contribution in [0, 0.1) is 0 Å². The van der Waals surface area contributed by atoms with Gasteiger partial charge in [0.15, 0.2) is 0 Å². The van der Waals surface area contributed by atoms with Crippen molar-refractivity contribution in [1.29, 1.82) is 0 Å². The fourth-order valence-corrected chi connectivity index (χ4v) is 7.73. The first kappa shape index (κ1) is 30.0. The van der Waals surface area contributed by atoms with Crippen LogP contribution in [0.5, 0.6) is 0 Å². The van der Waals surface area contributed by atoms with Gasteiger partial charge in [-0.05, 0) is 98.1 Å². The normalized spacial score (nSPS) is 11.5. The van der Waals surface area contributed by atoms with Crippen molar-refractivity contribution in [2.24, 2.45) is 0 Å². The Hall–Kier alpha value is -6.90. The van der Waals surface area contributed by atoms with E-state index in [1.54, 1.807) is 0 Å². The molecule has 1 heterocycles. The van der Waals surface area contributed by atoms with Gasteiger partial charge in [-0.15, -0.1) is 0 Å². The maximum atomic E-state index is 6.50. The molecule has 0 radical (unpaired) electrons. The highest BCUT2D eigenvalue weighted by Gasteiger charge is 2.17. The first-order valence-corrected chi connectivity index (χ1v) is 17.8. The van der Waals surface area contributed by atoms with Crippen molar-refractivity contribution in [1.82, 2.24) is 0 Å². The van der Waals surface area contributed by atoms with Gasteiger partial charge in [-0.1, -0.05) is 152 Å². The lowest BCUT2D eigenvalue weighted by Gasteiger charge is -2.26. The maximum absolute atomic E-state index is 6.50. The van der Waals surface area contributed by atoms with Crippen LogP contribution in [0.1, 0.15) is 0 Å². The fraction of sp³-hybridized carbons (Fsp3) is 0. The summed E-state index contributed by atoms with van der Waals surface area (Å²) in [5.74, 6) is 0. The van der Waals surface area contributed by atoms with Crippen molar-refractivity contribution in [3.8, 4) is 33.4 Å². The Balaban J connectivity index is 1.07. The molecule has 1 aromatic heterocycles. The van der Waals surface area contributed by atoms with E-state index in [9.17, 15) is 0 Å². The van der Waals surface area contributed by atoms with Gasteiger partial charge in [0.2, 0.25) is 0 Å². The standard InChI is InChI=1S/C50H33NO/c1-2-10-34(11-3-1)35-20-27-40(28-21-35)51(41-29-22-37(23-30-41)44-17-8-13-36-12-4-5-15-43(36)44)42-31-24-38(25-32-42)45-18-9-14-39-26-33-47-46-16-6-7-19-48(46)52-50(47)49(39)45/h1-33H. The quantitative estimate of drug-likeness (QED) is 0.176. The fourth-order valence-electron chi connectivity index (χ4n) is 7.73. The molecule has 244 valence electrons. The number of furan rings is 1. The molecule has 10 rings (SSSR count). The summed E-state index contributed by atoms with van der Waals surface area (Å²) in [6, 6.07) is 71.6. The van der Waals surface area contributed by atoms with Gasteiger partial charge in [0.05, 0.1) is 0 Å². The molecule has 0 aliphatic heterocycles. The maximum Gasteiger partial charge on any atom is 0.143 e. The van der Waals surface area contributed by atoms with Gasteiger partial charge in [-0.25, -0.2) is 0 Å². The van der Waals surface area contributed by atoms with Gasteiger partial charge in [0.25, 0.3) is 0 Å². The third-order valence-electron chi connectivity index (χ3n) is 10.3.